The zero-order valence-corrected chi connectivity index (χ0v) is 14.1. The fourth-order valence-corrected chi connectivity index (χ4v) is 3.59. The first-order chi connectivity index (χ1) is 10.0. The van der Waals surface area contributed by atoms with Gasteiger partial charge in [0.1, 0.15) is 5.75 Å². The third-order valence-corrected chi connectivity index (χ3v) is 4.26. The van der Waals surface area contributed by atoms with Crippen molar-refractivity contribution in [1.82, 2.24) is 0 Å². The number of carbonyl (C=O) groups excluding carboxylic acids is 1. The first kappa shape index (κ1) is 14.9. The number of Topliss-reactive ketones (excluding diaryl/α,β-unsaturated/α-hetero) is 1. The molecule has 0 amide bonds. The Morgan fingerprint density at radius 3 is 2.67 bits per heavy atom. The minimum atomic E-state index is -0.0156. The van der Waals surface area contributed by atoms with Crippen molar-refractivity contribution in [2.75, 3.05) is 6.61 Å². The van der Waals surface area contributed by atoms with Gasteiger partial charge in [0.25, 0.3) is 0 Å². The highest BCUT2D eigenvalue weighted by molar-refractivity contribution is 9.10. The highest BCUT2D eigenvalue weighted by atomic mass is 79.9. The Balaban J connectivity index is 1.92. The van der Waals surface area contributed by atoms with E-state index in [9.17, 15) is 4.79 Å². The van der Waals surface area contributed by atoms with Crippen LogP contribution in [0, 0.1) is 0 Å². The van der Waals surface area contributed by atoms with E-state index in [4.69, 9.17) is 27.9 Å². The molecule has 0 radical (unpaired) electrons. The topological polar surface area (TPSA) is 26.3 Å². The molecular weight excluding hydrogens is 375 g/mol. The molecule has 1 aliphatic rings. The smallest absolute Gasteiger partial charge is 0.167 e. The molecule has 2 aromatic rings. The van der Waals surface area contributed by atoms with Gasteiger partial charge in [-0.25, -0.2) is 0 Å². The second kappa shape index (κ2) is 5.99. The predicted octanol–water partition coefficient (Wildman–Crippen LogP) is 5.12. The number of ketones is 1. The summed E-state index contributed by atoms with van der Waals surface area (Å²) in [6, 6.07) is 8.87. The van der Waals surface area contributed by atoms with Crippen molar-refractivity contribution < 1.29 is 9.53 Å². The number of hydrogen-bond donors (Lipinski definition) is 0. The summed E-state index contributed by atoms with van der Waals surface area (Å²) in [6.07, 6.45) is 1.08. The molecule has 0 N–H and O–H groups in total. The average molecular weight is 386 g/mol. The van der Waals surface area contributed by atoms with Gasteiger partial charge in [-0.2, -0.15) is 0 Å². The van der Waals surface area contributed by atoms with Crippen LogP contribution >= 0.6 is 39.1 Å². The number of carbonyl (C=O) groups is 1. The van der Waals surface area contributed by atoms with Gasteiger partial charge < -0.3 is 4.74 Å². The molecule has 0 spiro atoms. The zero-order chi connectivity index (χ0) is 15.0. The van der Waals surface area contributed by atoms with Crippen molar-refractivity contribution in [3.8, 4) is 5.75 Å². The van der Waals surface area contributed by atoms with Crippen molar-refractivity contribution in [3.63, 3.8) is 0 Å². The molecule has 0 atom stereocenters. The van der Waals surface area contributed by atoms with Crippen molar-refractivity contribution in [2.24, 2.45) is 0 Å². The van der Waals surface area contributed by atoms with Crippen LogP contribution in [0.2, 0.25) is 10.0 Å². The fourth-order valence-electron chi connectivity index (χ4n) is 2.47. The number of fused-ring (bicyclic) bond motifs is 1. The van der Waals surface area contributed by atoms with Gasteiger partial charge in [-0.1, -0.05) is 39.1 Å². The quantitative estimate of drug-likeness (QED) is 0.685. The minimum Gasteiger partial charge on any atom is -0.493 e. The number of halogens is 3. The van der Waals surface area contributed by atoms with Gasteiger partial charge in [0.15, 0.2) is 5.78 Å². The van der Waals surface area contributed by atoms with Gasteiger partial charge in [0.2, 0.25) is 0 Å². The summed E-state index contributed by atoms with van der Waals surface area (Å²) >= 11 is 15.4. The van der Waals surface area contributed by atoms with E-state index in [1.54, 1.807) is 24.3 Å². The fraction of sp³-hybridized carbons (Fsp3) is 0.188. The molecule has 0 saturated carbocycles. The van der Waals surface area contributed by atoms with Crippen LogP contribution < -0.4 is 4.74 Å². The second-order valence-corrected chi connectivity index (χ2v) is 6.70. The maximum absolute atomic E-state index is 12.5. The monoisotopic (exact) mass is 384 g/mol. The lowest BCUT2D eigenvalue weighted by molar-refractivity contribution is 0.0992. The first-order valence-electron chi connectivity index (χ1n) is 6.46. The summed E-state index contributed by atoms with van der Waals surface area (Å²) in [5.74, 6) is 0.784. The Kier molecular flexibility index (Phi) is 4.25. The van der Waals surface area contributed by atoms with E-state index >= 15 is 0 Å². The third-order valence-electron chi connectivity index (χ3n) is 3.36. The molecule has 0 saturated heterocycles. The summed E-state index contributed by atoms with van der Waals surface area (Å²) in [5.41, 5.74) is 2.47. The summed E-state index contributed by atoms with van der Waals surface area (Å²) in [6.45, 7) is 0.638. The van der Waals surface area contributed by atoms with Crippen LogP contribution in [0.1, 0.15) is 21.5 Å². The minimum absolute atomic E-state index is 0.0156. The molecule has 0 fully saturated rings. The molecule has 0 unspecified atom stereocenters. The zero-order valence-electron chi connectivity index (χ0n) is 11.0. The maximum atomic E-state index is 12.5. The number of rotatable bonds is 3. The van der Waals surface area contributed by atoms with E-state index in [0.717, 1.165) is 27.8 Å². The first-order valence-corrected chi connectivity index (χ1v) is 8.01. The standard InChI is InChI=1S/C16H11BrCl2O2/c17-12-3-10(5-14(19)8-12)15(20)7-11-6-13(18)4-9-1-2-21-16(9)11/h3-6,8H,1-2,7H2. The predicted molar refractivity (Wildman–Crippen MR) is 87.8 cm³/mol. The highest BCUT2D eigenvalue weighted by Gasteiger charge is 2.20. The molecule has 1 heterocycles. The molecule has 0 aliphatic carbocycles. The van der Waals surface area contributed by atoms with Crippen LogP contribution in [-0.2, 0) is 12.8 Å². The Hall–Kier alpha value is -1.03. The molecule has 21 heavy (non-hydrogen) atoms. The SMILES string of the molecule is O=C(Cc1cc(Cl)cc2c1OCC2)c1cc(Cl)cc(Br)c1. The average Bonchev–Trinajstić information content (AvgIpc) is 2.85. The molecule has 2 nitrogen and oxygen atoms in total. The van der Waals surface area contributed by atoms with Gasteiger partial charge in [0, 0.05) is 38.5 Å². The van der Waals surface area contributed by atoms with E-state index in [1.165, 1.54) is 0 Å². The molecule has 0 aromatic heterocycles. The van der Waals surface area contributed by atoms with Crippen molar-refractivity contribution >= 4 is 44.9 Å². The largest absolute Gasteiger partial charge is 0.493 e. The second-order valence-electron chi connectivity index (χ2n) is 4.91. The summed E-state index contributed by atoms with van der Waals surface area (Å²) in [7, 11) is 0. The van der Waals surface area contributed by atoms with Crippen LogP contribution in [-0.4, -0.2) is 12.4 Å². The highest BCUT2D eigenvalue weighted by Crippen LogP contribution is 2.33. The lowest BCUT2D eigenvalue weighted by Crippen LogP contribution is -2.05. The lowest BCUT2D eigenvalue weighted by Gasteiger charge is -2.09. The van der Waals surface area contributed by atoms with Crippen molar-refractivity contribution in [2.45, 2.75) is 12.8 Å². The van der Waals surface area contributed by atoms with Crippen molar-refractivity contribution in [3.05, 3.63) is 61.5 Å². The Morgan fingerprint density at radius 2 is 1.90 bits per heavy atom. The van der Waals surface area contributed by atoms with Gasteiger partial charge in [-0.3, -0.25) is 4.79 Å². The van der Waals surface area contributed by atoms with E-state index in [1.807, 2.05) is 6.07 Å². The van der Waals surface area contributed by atoms with Crippen LogP contribution in [0.5, 0.6) is 5.75 Å². The van der Waals surface area contributed by atoms with E-state index in [-0.39, 0.29) is 12.2 Å². The Labute approximate surface area is 141 Å². The number of hydrogen-bond acceptors (Lipinski definition) is 2. The van der Waals surface area contributed by atoms with Crippen molar-refractivity contribution in [1.29, 1.82) is 0 Å². The van der Waals surface area contributed by atoms with Gasteiger partial charge in [-0.05, 0) is 35.9 Å². The molecule has 5 heteroatoms. The normalized spacial score (nSPS) is 12.9. The molecule has 108 valence electrons. The molecule has 3 rings (SSSR count). The van der Waals surface area contributed by atoms with Crippen LogP contribution in [0.4, 0.5) is 0 Å². The van der Waals surface area contributed by atoms with Crippen LogP contribution in [0.25, 0.3) is 0 Å². The van der Waals surface area contributed by atoms with Crippen LogP contribution in [0.15, 0.2) is 34.8 Å². The summed E-state index contributed by atoms with van der Waals surface area (Å²) < 4.78 is 6.41. The Morgan fingerprint density at radius 1 is 1.14 bits per heavy atom. The van der Waals surface area contributed by atoms with E-state index < -0.39 is 0 Å². The number of benzene rings is 2. The maximum Gasteiger partial charge on any atom is 0.167 e. The Bertz CT molecular complexity index is 708. The molecule has 0 bridgehead atoms. The van der Waals surface area contributed by atoms with Crippen LogP contribution in [0.3, 0.4) is 0 Å². The van der Waals surface area contributed by atoms with Gasteiger partial charge >= 0.3 is 0 Å². The summed E-state index contributed by atoms with van der Waals surface area (Å²) in [4.78, 5) is 12.5. The summed E-state index contributed by atoms with van der Waals surface area (Å²) in [5, 5.41) is 1.16. The lowest BCUT2D eigenvalue weighted by atomic mass is 10.00. The molecular formula is C16H11BrCl2O2. The van der Waals surface area contributed by atoms with E-state index in [0.29, 0.717) is 22.2 Å². The third kappa shape index (κ3) is 3.25. The van der Waals surface area contributed by atoms with Gasteiger partial charge in [-0.15, -0.1) is 0 Å². The molecule has 2 aromatic carbocycles. The number of ether oxygens (including phenoxy) is 1. The van der Waals surface area contributed by atoms with E-state index in [2.05, 4.69) is 15.9 Å². The molecule has 1 aliphatic heterocycles. The van der Waals surface area contributed by atoms with Gasteiger partial charge in [0.05, 0.1) is 6.61 Å².